The van der Waals surface area contributed by atoms with Crippen LogP contribution in [0.5, 0.6) is 0 Å². The molecule has 0 spiro atoms. The lowest BCUT2D eigenvalue weighted by molar-refractivity contribution is 0.0761. The molecule has 3 aliphatic heterocycles. The lowest BCUT2D eigenvalue weighted by Gasteiger charge is -2.39. The largest absolute Gasteiger partial charge is 0.399 e. The normalized spacial score (nSPS) is 23.6. The van der Waals surface area contributed by atoms with E-state index in [0.29, 0.717) is 49.5 Å². The summed E-state index contributed by atoms with van der Waals surface area (Å²) in [5.74, 6) is -0.221. The maximum Gasteiger partial charge on any atom is 0.317 e. The molecular formula is C31H36FN5O2. The van der Waals surface area contributed by atoms with Crippen LogP contribution in [0.25, 0.3) is 10.8 Å². The number of carbonyl (C=O) groups excluding carboxylic acids is 2. The van der Waals surface area contributed by atoms with E-state index >= 15 is 0 Å². The number of anilines is 1. The molecular weight excluding hydrogens is 493 g/mol. The van der Waals surface area contributed by atoms with Crippen molar-refractivity contribution in [1.82, 2.24) is 20.0 Å². The number of nitrogens with zero attached hydrogens (tertiary/aromatic N) is 3. The van der Waals surface area contributed by atoms with Gasteiger partial charge >= 0.3 is 6.03 Å². The fraction of sp³-hybridized carbons (Fsp3) is 0.419. The van der Waals surface area contributed by atoms with Crippen LogP contribution in [0.2, 0.25) is 0 Å². The SMILES string of the molecule is Nc1ccc(C(=O)N2CCCN(C(=O)NC3C[C@H]4CC[C@H](C3)N4Cc3ccc4cc(F)ccc4c3)CC2)cc1. The van der Waals surface area contributed by atoms with Gasteiger partial charge in [-0.05, 0) is 90.9 Å². The number of nitrogen functional groups attached to an aromatic ring is 1. The Balaban J connectivity index is 1.02. The standard InChI is InChI=1S/C31H36FN5O2/c32-25-7-4-23-16-21(2-3-24(23)17-25)20-37-28-10-11-29(37)19-27(18-28)34-31(39)36-13-1-12-35(14-15-36)30(38)22-5-8-26(33)9-6-22/h2-9,16-17,27-29H,1,10-15,18-20,33H2,(H,34,39)/t28-,29-/m1/s1. The Hall–Kier alpha value is -3.65. The third kappa shape index (κ3) is 5.57. The first-order valence-electron chi connectivity index (χ1n) is 14.1. The summed E-state index contributed by atoms with van der Waals surface area (Å²) in [6, 6.07) is 19.3. The molecule has 3 heterocycles. The number of nitrogens with two attached hydrogens (primary N) is 1. The minimum absolute atomic E-state index is 0.0141. The van der Waals surface area contributed by atoms with Gasteiger partial charge in [-0.3, -0.25) is 9.69 Å². The van der Waals surface area contributed by atoms with E-state index in [9.17, 15) is 14.0 Å². The summed E-state index contributed by atoms with van der Waals surface area (Å²) in [6.45, 7) is 3.23. The Morgan fingerprint density at radius 2 is 1.51 bits per heavy atom. The summed E-state index contributed by atoms with van der Waals surface area (Å²) >= 11 is 0. The van der Waals surface area contributed by atoms with Crippen molar-refractivity contribution in [3.8, 4) is 0 Å². The second-order valence-corrected chi connectivity index (χ2v) is 11.3. The van der Waals surface area contributed by atoms with Gasteiger partial charge in [0, 0.05) is 62.1 Å². The van der Waals surface area contributed by atoms with Crippen molar-refractivity contribution in [2.45, 2.75) is 56.8 Å². The van der Waals surface area contributed by atoms with E-state index in [1.165, 1.54) is 11.6 Å². The van der Waals surface area contributed by atoms with Crippen LogP contribution in [0.3, 0.4) is 0 Å². The van der Waals surface area contributed by atoms with E-state index < -0.39 is 0 Å². The summed E-state index contributed by atoms with van der Waals surface area (Å²) in [4.78, 5) is 32.4. The number of benzene rings is 3. The molecule has 3 saturated heterocycles. The van der Waals surface area contributed by atoms with Gasteiger partial charge in [0.25, 0.3) is 5.91 Å². The summed E-state index contributed by atoms with van der Waals surface area (Å²) in [7, 11) is 0. The van der Waals surface area contributed by atoms with E-state index in [1.54, 1.807) is 30.3 Å². The Bertz CT molecular complexity index is 1350. The summed E-state index contributed by atoms with van der Waals surface area (Å²) in [5.41, 5.74) is 8.26. The van der Waals surface area contributed by atoms with Gasteiger partial charge in [0.05, 0.1) is 0 Å². The second-order valence-electron chi connectivity index (χ2n) is 11.3. The van der Waals surface area contributed by atoms with Crippen molar-refractivity contribution in [2.24, 2.45) is 0 Å². The Labute approximate surface area is 228 Å². The predicted octanol–water partition coefficient (Wildman–Crippen LogP) is 4.61. The number of halogens is 1. The Kier molecular flexibility index (Phi) is 7.12. The smallest absolute Gasteiger partial charge is 0.317 e. The third-order valence-corrected chi connectivity index (χ3v) is 8.67. The molecule has 39 heavy (non-hydrogen) atoms. The fourth-order valence-corrected chi connectivity index (χ4v) is 6.62. The molecule has 3 fully saturated rings. The van der Waals surface area contributed by atoms with Gasteiger partial charge in [-0.25, -0.2) is 9.18 Å². The average Bonchev–Trinajstić information content (AvgIpc) is 3.11. The van der Waals surface area contributed by atoms with Gasteiger partial charge in [0.15, 0.2) is 0 Å². The highest BCUT2D eigenvalue weighted by molar-refractivity contribution is 5.94. The van der Waals surface area contributed by atoms with Crippen molar-refractivity contribution in [3.05, 3.63) is 77.6 Å². The molecule has 0 radical (unpaired) electrons. The van der Waals surface area contributed by atoms with Crippen molar-refractivity contribution >= 4 is 28.4 Å². The molecule has 3 aromatic rings. The van der Waals surface area contributed by atoms with Crippen LogP contribution < -0.4 is 11.1 Å². The van der Waals surface area contributed by atoms with E-state index in [1.807, 2.05) is 21.9 Å². The number of piperidine rings is 1. The van der Waals surface area contributed by atoms with Crippen molar-refractivity contribution in [3.63, 3.8) is 0 Å². The van der Waals surface area contributed by atoms with Crippen LogP contribution in [-0.2, 0) is 6.54 Å². The Morgan fingerprint density at radius 3 is 2.28 bits per heavy atom. The number of urea groups is 1. The topological polar surface area (TPSA) is 81.9 Å². The molecule has 0 unspecified atom stereocenters. The molecule has 8 heteroatoms. The predicted molar refractivity (Wildman–Crippen MR) is 151 cm³/mol. The number of carbonyl (C=O) groups is 2. The van der Waals surface area contributed by atoms with E-state index in [0.717, 1.165) is 49.4 Å². The zero-order valence-corrected chi connectivity index (χ0v) is 22.2. The van der Waals surface area contributed by atoms with Gasteiger partial charge in [-0.1, -0.05) is 18.2 Å². The molecule has 0 aromatic heterocycles. The lowest BCUT2D eigenvalue weighted by atomic mass is 9.96. The molecule has 2 bridgehead atoms. The number of hydrogen-bond acceptors (Lipinski definition) is 4. The fourth-order valence-electron chi connectivity index (χ4n) is 6.62. The highest BCUT2D eigenvalue weighted by atomic mass is 19.1. The van der Waals surface area contributed by atoms with Crippen LogP contribution in [-0.4, -0.2) is 70.9 Å². The summed E-state index contributed by atoms with van der Waals surface area (Å²) in [5, 5.41) is 5.31. The minimum Gasteiger partial charge on any atom is -0.399 e. The maximum atomic E-state index is 13.6. The van der Waals surface area contributed by atoms with Crippen LogP contribution in [0.1, 0.15) is 48.0 Å². The van der Waals surface area contributed by atoms with Crippen LogP contribution in [0.4, 0.5) is 14.9 Å². The molecule has 3 aliphatic rings. The molecule has 2 atom stereocenters. The molecule has 3 aromatic carbocycles. The monoisotopic (exact) mass is 529 g/mol. The minimum atomic E-state index is -0.207. The lowest BCUT2D eigenvalue weighted by Crippen LogP contribution is -2.53. The van der Waals surface area contributed by atoms with Crippen molar-refractivity contribution < 1.29 is 14.0 Å². The van der Waals surface area contributed by atoms with Crippen LogP contribution in [0.15, 0.2) is 60.7 Å². The summed E-state index contributed by atoms with van der Waals surface area (Å²) < 4.78 is 13.6. The van der Waals surface area contributed by atoms with Gasteiger partial charge < -0.3 is 20.9 Å². The number of nitrogens with one attached hydrogen (secondary N) is 1. The third-order valence-electron chi connectivity index (χ3n) is 8.67. The molecule has 0 saturated carbocycles. The molecule has 204 valence electrons. The highest BCUT2D eigenvalue weighted by Crippen LogP contribution is 2.37. The number of rotatable bonds is 4. The first kappa shape index (κ1) is 25.6. The molecule has 0 aliphatic carbocycles. The maximum absolute atomic E-state index is 13.6. The molecule has 6 rings (SSSR count). The quantitative estimate of drug-likeness (QED) is 0.484. The zero-order valence-electron chi connectivity index (χ0n) is 22.2. The van der Waals surface area contributed by atoms with Gasteiger partial charge in [-0.15, -0.1) is 0 Å². The van der Waals surface area contributed by atoms with E-state index in [2.05, 4.69) is 22.3 Å². The molecule has 7 nitrogen and oxygen atoms in total. The van der Waals surface area contributed by atoms with Crippen molar-refractivity contribution in [1.29, 1.82) is 0 Å². The van der Waals surface area contributed by atoms with Gasteiger partial charge in [0.2, 0.25) is 0 Å². The molecule has 3 amide bonds. The van der Waals surface area contributed by atoms with E-state index in [-0.39, 0.29) is 23.8 Å². The average molecular weight is 530 g/mol. The first-order chi connectivity index (χ1) is 18.9. The van der Waals surface area contributed by atoms with Gasteiger partial charge in [-0.2, -0.15) is 0 Å². The van der Waals surface area contributed by atoms with Gasteiger partial charge in [0.1, 0.15) is 5.82 Å². The second kappa shape index (κ2) is 10.8. The zero-order chi connectivity index (χ0) is 26.9. The Morgan fingerprint density at radius 1 is 0.846 bits per heavy atom. The number of amides is 3. The summed E-state index contributed by atoms with van der Waals surface area (Å²) in [6.07, 6.45) is 4.98. The number of hydrogen-bond donors (Lipinski definition) is 2. The van der Waals surface area contributed by atoms with Crippen molar-refractivity contribution in [2.75, 3.05) is 31.9 Å². The highest BCUT2D eigenvalue weighted by Gasteiger charge is 2.41. The first-order valence-corrected chi connectivity index (χ1v) is 14.1. The van der Waals surface area contributed by atoms with Crippen LogP contribution >= 0.6 is 0 Å². The van der Waals surface area contributed by atoms with E-state index in [4.69, 9.17) is 5.73 Å². The molecule has 3 N–H and O–H groups in total. The van der Waals surface area contributed by atoms with Crippen LogP contribution in [0, 0.1) is 5.82 Å². The number of fused-ring (bicyclic) bond motifs is 3.